The first kappa shape index (κ1) is 18.9. The predicted molar refractivity (Wildman–Crippen MR) is 108 cm³/mol. The summed E-state index contributed by atoms with van der Waals surface area (Å²) < 4.78 is 18.7. The van der Waals surface area contributed by atoms with Crippen molar-refractivity contribution in [2.45, 2.75) is 12.3 Å². The molecule has 0 spiro atoms. The maximum atomic E-state index is 13.4. The molecular weight excluding hydrogens is 369 g/mol. The van der Waals surface area contributed by atoms with Gasteiger partial charge in [0.25, 0.3) is 11.8 Å². The molecule has 1 unspecified atom stereocenters. The molecule has 3 aromatic rings. The number of rotatable bonds is 6. The van der Waals surface area contributed by atoms with Crippen LogP contribution in [0.5, 0.6) is 5.75 Å². The van der Waals surface area contributed by atoms with Crippen molar-refractivity contribution in [2.75, 3.05) is 13.7 Å². The van der Waals surface area contributed by atoms with E-state index in [1.807, 2.05) is 24.3 Å². The molecule has 0 aliphatic carbocycles. The van der Waals surface area contributed by atoms with Crippen LogP contribution >= 0.6 is 0 Å². The van der Waals surface area contributed by atoms with Crippen molar-refractivity contribution in [3.8, 4) is 5.75 Å². The van der Waals surface area contributed by atoms with Crippen molar-refractivity contribution < 1.29 is 18.7 Å². The van der Waals surface area contributed by atoms with Gasteiger partial charge in [-0.15, -0.1) is 0 Å². The average Bonchev–Trinajstić information content (AvgIpc) is 3.00. The third-order valence-corrected chi connectivity index (χ3v) is 5.31. The minimum atomic E-state index is -0.303. The van der Waals surface area contributed by atoms with E-state index in [4.69, 9.17) is 4.74 Å². The highest BCUT2D eigenvalue weighted by molar-refractivity contribution is 6.21. The fourth-order valence-electron chi connectivity index (χ4n) is 3.76. The number of nitrogens with zero attached hydrogens (tertiary/aromatic N) is 1. The van der Waals surface area contributed by atoms with Gasteiger partial charge in [-0.05, 0) is 53.9 Å². The summed E-state index contributed by atoms with van der Waals surface area (Å²) in [5.41, 5.74) is 2.82. The zero-order chi connectivity index (χ0) is 20.4. The summed E-state index contributed by atoms with van der Waals surface area (Å²) in [6, 6.07) is 20.8. The van der Waals surface area contributed by atoms with Gasteiger partial charge in [-0.3, -0.25) is 14.5 Å². The Morgan fingerprint density at radius 3 is 1.86 bits per heavy atom. The Kier molecular flexibility index (Phi) is 5.12. The third-order valence-electron chi connectivity index (χ3n) is 5.31. The van der Waals surface area contributed by atoms with Crippen molar-refractivity contribution in [3.05, 3.63) is 101 Å². The van der Waals surface area contributed by atoms with Crippen LogP contribution in [0.3, 0.4) is 0 Å². The van der Waals surface area contributed by atoms with E-state index in [0.29, 0.717) is 17.5 Å². The first-order valence-electron chi connectivity index (χ1n) is 9.43. The molecule has 146 valence electrons. The maximum Gasteiger partial charge on any atom is 0.261 e. The number of fused-ring (bicyclic) bond motifs is 1. The molecule has 1 heterocycles. The number of methoxy groups -OCH3 is 1. The molecule has 29 heavy (non-hydrogen) atoms. The number of amides is 2. The van der Waals surface area contributed by atoms with Gasteiger partial charge in [-0.2, -0.15) is 0 Å². The molecule has 0 bridgehead atoms. The van der Waals surface area contributed by atoms with Crippen molar-refractivity contribution in [3.63, 3.8) is 0 Å². The summed E-state index contributed by atoms with van der Waals surface area (Å²) in [4.78, 5) is 26.6. The van der Waals surface area contributed by atoms with Gasteiger partial charge in [-0.25, -0.2) is 4.39 Å². The number of carbonyl (C=O) groups excluding carboxylic acids is 2. The van der Waals surface area contributed by atoms with Crippen molar-refractivity contribution in [1.29, 1.82) is 0 Å². The van der Waals surface area contributed by atoms with Gasteiger partial charge in [-0.1, -0.05) is 36.4 Å². The Hall–Kier alpha value is -3.47. The van der Waals surface area contributed by atoms with Crippen molar-refractivity contribution >= 4 is 11.8 Å². The van der Waals surface area contributed by atoms with Crippen LogP contribution in [0, 0.1) is 5.82 Å². The number of halogens is 1. The standard InChI is InChI=1S/C24H20FNO3/c1-29-19-12-8-17(9-13-19)20(16-6-10-18(25)11-7-16)14-15-26-23(27)21-4-2-3-5-22(21)24(26)28/h2-13,20H,14-15H2,1H3. The molecule has 0 fully saturated rings. The van der Waals surface area contributed by atoms with Crippen LogP contribution in [0.25, 0.3) is 0 Å². The fraction of sp³-hybridized carbons (Fsp3) is 0.167. The van der Waals surface area contributed by atoms with Crippen molar-refractivity contribution in [2.24, 2.45) is 0 Å². The zero-order valence-electron chi connectivity index (χ0n) is 16.0. The monoisotopic (exact) mass is 389 g/mol. The van der Waals surface area contributed by atoms with Gasteiger partial charge in [0.1, 0.15) is 11.6 Å². The van der Waals surface area contributed by atoms with Crippen LogP contribution in [0.15, 0.2) is 72.8 Å². The van der Waals surface area contributed by atoms with Gasteiger partial charge in [0, 0.05) is 12.5 Å². The van der Waals surface area contributed by atoms with E-state index in [1.54, 1.807) is 43.5 Å². The van der Waals surface area contributed by atoms with Gasteiger partial charge in [0.05, 0.1) is 18.2 Å². The van der Waals surface area contributed by atoms with E-state index in [0.717, 1.165) is 16.9 Å². The summed E-state index contributed by atoms with van der Waals surface area (Å²) in [6.07, 6.45) is 0.531. The van der Waals surface area contributed by atoms with Crippen molar-refractivity contribution in [1.82, 2.24) is 4.90 Å². The SMILES string of the molecule is COc1ccc(C(CCN2C(=O)c3ccccc3C2=O)c2ccc(F)cc2)cc1. The van der Waals surface area contributed by atoms with E-state index >= 15 is 0 Å². The molecule has 0 N–H and O–H groups in total. The number of benzene rings is 3. The lowest BCUT2D eigenvalue weighted by molar-refractivity contribution is 0.0651. The maximum absolute atomic E-state index is 13.4. The summed E-state index contributed by atoms with van der Waals surface area (Å²) in [5, 5.41) is 0. The smallest absolute Gasteiger partial charge is 0.261 e. The molecule has 1 atom stereocenters. The van der Waals surface area contributed by atoms with Crippen LogP contribution in [-0.2, 0) is 0 Å². The second-order valence-corrected chi connectivity index (χ2v) is 6.97. The molecule has 0 aromatic heterocycles. The Morgan fingerprint density at radius 1 is 0.828 bits per heavy atom. The van der Waals surface area contributed by atoms with Crippen LogP contribution in [0.1, 0.15) is 44.2 Å². The molecule has 1 aliphatic heterocycles. The van der Waals surface area contributed by atoms with Crippen LogP contribution in [0.4, 0.5) is 4.39 Å². The van der Waals surface area contributed by atoms with E-state index in [1.165, 1.54) is 17.0 Å². The predicted octanol–water partition coefficient (Wildman–Crippen LogP) is 4.65. The molecule has 0 radical (unpaired) electrons. The highest BCUT2D eigenvalue weighted by Crippen LogP contribution is 2.31. The van der Waals surface area contributed by atoms with Gasteiger partial charge >= 0.3 is 0 Å². The fourth-order valence-corrected chi connectivity index (χ4v) is 3.76. The van der Waals surface area contributed by atoms with Gasteiger partial charge < -0.3 is 4.74 Å². The van der Waals surface area contributed by atoms with Crippen LogP contribution in [0.2, 0.25) is 0 Å². The minimum absolute atomic E-state index is 0.0918. The molecule has 1 aliphatic rings. The Bertz CT molecular complexity index is 1010. The summed E-state index contributed by atoms with van der Waals surface area (Å²) >= 11 is 0. The molecule has 0 saturated heterocycles. The molecule has 3 aromatic carbocycles. The summed E-state index contributed by atoms with van der Waals surface area (Å²) in [5.74, 6) is -0.184. The van der Waals surface area contributed by atoms with Crippen LogP contribution < -0.4 is 4.74 Å². The lowest BCUT2D eigenvalue weighted by Gasteiger charge is -2.22. The molecule has 5 heteroatoms. The van der Waals surface area contributed by atoms with E-state index in [-0.39, 0.29) is 30.1 Å². The molecule has 4 nitrogen and oxygen atoms in total. The largest absolute Gasteiger partial charge is 0.497 e. The topological polar surface area (TPSA) is 46.6 Å². The van der Waals surface area contributed by atoms with Gasteiger partial charge in [0.2, 0.25) is 0 Å². The number of ether oxygens (including phenoxy) is 1. The lowest BCUT2D eigenvalue weighted by Crippen LogP contribution is -2.31. The average molecular weight is 389 g/mol. The van der Waals surface area contributed by atoms with Gasteiger partial charge in [0.15, 0.2) is 0 Å². The van der Waals surface area contributed by atoms with E-state index in [9.17, 15) is 14.0 Å². The number of hydrogen-bond acceptors (Lipinski definition) is 3. The highest BCUT2D eigenvalue weighted by atomic mass is 19.1. The second kappa shape index (κ2) is 7.87. The number of hydrogen-bond donors (Lipinski definition) is 0. The summed E-state index contributed by atoms with van der Waals surface area (Å²) in [7, 11) is 1.61. The minimum Gasteiger partial charge on any atom is -0.497 e. The Labute approximate surface area is 168 Å². The molecule has 4 rings (SSSR count). The Balaban J connectivity index is 1.60. The van der Waals surface area contributed by atoms with Crippen LogP contribution in [-0.4, -0.2) is 30.4 Å². The number of imide groups is 1. The quantitative estimate of drug-likeness (QED) is 0.577. The normalized spacial score (nSPS) is 14.1. The lowest BCUT2D eigenvalue weighted by atomic mass is 9.88. The second-order valence-electron chi connectivity index (χ2n) is 6.97. The van der Waals surface area contributed by atoms with E-state index < -0.39 is 0 Å². The third kappa shape index (κ3) is 3.63. The van der Waals surface area contributed by atoms with E-state index in [2.05, 4.69) is 0 Å². The first-order valence-corrected chi connectivity index (χ1v) is 9.43. The summed E-state index contributed by atoms with van der Waals surface area (Å²) in [6.45, 7) is 0.278. The molecule has 0 saturated carbocycles. The highest BCUT2D eigenvalue weighted by Gasteiger charge is 2.35. The molecule has 2 amide bonds. The number of carbonyl (C=O) groups is 2. The first-order chi connectivity index (χ1) is 14.1. The molecular formula is C24H20FNO3. The zero-order valence-corrected chi connectivity index (χ0v) is 16.0. The Morgan fingerprint density at radius 2 is 1.34 bits per heavy atom.